The summed E-state index contributed by atoms with van der Waals surface area (Å²) in [6, 6.07) is 1.51. The standard InChI is InChI=1S/C18H36N2S/c1-6-19-17-8-7-16(18(3,4)5)11-15(17)12-20-9-10-21-13-14(20)2/h14-17,19H,6-13H2,1-5H3. The Kier molecular flexibility index (Phi) is 6.46. The summed E-state index contributed by atoms with van der Waals surface area (Å²) in [5.74, 6) is 4.38. The largest absolute Gasteiger partial charge is 0.314 e. The van der Waals surface area contributed by atoms with E-state index in [1.807, 2.05) is 0 Å². The Bertz CT molecular complexity index is 313. The number of hydrogen-bond acceptors (Lipinski definition) is 3. The van der Waals surface area contributed by atoms with Crippen molar-refractivity contribution in [1.82, 2.24) is 10.2 Å². The highest BCUT2D eigenvalue weighted by Crippen LogP contribution is 2.41. The lowest BCUT2D eigenvalue weighted by Crippen LogP contribution is -2.50. The number of nitrogens with one attached hydrogen (secondary N) is 1. The minimum absolute atomic E-state index is 0.471. The highest BCUT2D eigenvalue weighted by atomic mass is 32.2. The van der Waals surface area contributed by atoms with Crippen LogP contribution in [0.4, 0.5) is 0 Å². The Balaban J connectivity index is 1.99. The predicted molar refractivity (Wildman–Crippen MR) is 96.1 cm³/mol. The van der Waals surface area contributed by atoms with Crippen LogP contribution < -0.4 is 5.32 Å². The maximum absolute atomic E-state index is 3.78. The number of hydrogen-bond donors (Lipinski definition) is 1. The lowest BCUT2D eigenvalue weighted by Gasteiger charge is -2.45. The van der Waals surface area contributed by atoms with Crippen LogP contribution in [0.15, 0.2) is 0 Å². The molecule has 2 fully saturated rings. The average molecular weight is 313 g/mol. The lowest BCUT2D eigenvalue weighted by atomic mass is 9.67. The van der Waals surface area contributed by atoms with E-state index < -0.39 is 0 Å². The monoisotopic (exact) mass is 312 g/mol. The van der Waals surface area contributed by atoms with Gasteiger partial charge in [0, 0.05) is 36.7 Å². The van der Waals surface area contributed by atoms with Gasteiger partial charge in [-0.05, 0) is 50.0 Å². The maximum Gasteiger partial charge on any atom is 0.0158 e. The van der Waals surface area contributed by atoms with Crippen LogP contribution in [0.5, 0.6) is 0 Å². The zero-order valence-electron chi connectivity index (χ0n) is 14.8. The second-order valence-corrected chi connectivity index (χ2v) is 9.37. The zero-order chi connectivity index (χ0) is 15.5. The van der Waals surface area contributed by atoms with E-state index in [1.54, 1.807) is 0 Å². The van der Waals surface area contributed by atoms with Gasteiger partial charge < -0.3 is 5.32 Å². The summed E-state index contributed by atoms with van der Waals surface area (Å²) in [6.07, 6.45) is 4.19. The molecule has 1 saturated carbocycles. The van der Waals surface area contributed by atoms with Crippen LogP contribution in [0.2, 0.25) is 0 Å². The van der Waals surface area contributed by atoms with Crippen molar-refractivity contribution in [2.75, 3.05) is 31.1 Å². The molecule has 0 radical (unpaired) electrons. The first-order chi connectivity index (χ1) is 9.91. The lowest BCUT2D eigenvalue weighted by molar-refractivity contribution is 0.0803. The molecule has 2 nitrogen and oxygen atoms in total. The van der Waals surface area contributed by atoms with Gasteiger partial charge in [0.15, 0.2) is 0 Å². The van der Waals surface area contributed by atoms with Gasteiger partial charge in [0.25, 0.3) is 0 Å². The Morgan fingerprint density at radius 2 is 2.00 bits per heavy atom. The molecule has 0 bridgehead atoms. The molecular weight excluding hydrogens is 276 g/mol. The highest BCUT2D eigenvalue weighted by molar-refractivity contribution is 7.99. The van der Waals surface area contributed by atoms with Crippen LogP contribution in [0.3, 0.4) is 0 Å². The summed E-state index contributed by atoms with van der Waals surface area (Å²) in [5.41, 5.74) is 0.471. The second-order valence-electron chi connectivity index (χ2n) is 8.22. The van der Waals surface area contributed by atoms with Crippen molar-refractivity contribution in [3.8, 4) is 0 Å². The summed E-state index contributed by atoms with van der Waals surface area (Å²) in [7, 11) is 0. The summed E-state index contributed by atoms with van der Waals surface area (Å²) < 4.78 is 0. The van der Waals surface area contributed by atoms with Gasteiger partial charge in [-0.15, -0.1) is 0 Å². The SMILES string of the molecule is CCNC1CCC(C(C)(C)C)CC1CN1CCSCC1C. The summed E-state index contributed by atoms with van der Waals surface area (Å²) in [4.78, 5) is 2.76. The molecule has 1 aliphatic carbocycles. The van der Waals surface area contributed by atoms with Crippen molar-refractivity contribution in [3.63, 3.8) is 0 Å². The highest BCUT2D eigenvalue weighted by Gasteiger charge is 2.37. The van der Waals surface area contributed by atoms with E-state index in [1.165, 1.54) is 43.9 Å². The first-order valence-corrected chi connectivity index (χ1v) is 10.1. The van der Waals surface area contributed by atoms with Crippen LogP contribution in [0.25, 0.3) is 0 Å². The third-order valence-electron chi connectivity index (χ3n) is 5.65. The normalized spacial score (nSPS) is 35.9. The molecular formula is C18H36N2S. The molecule has 1 N–H and O–H groups in total. The van der Waals surface area contributed by atoms with E-state index in [4.69, 9.17) is 0 Å². The molecule has 2 rings (SSSR count). The van der Waals surface area contributed by atoms with Crippen LogP contribution in [-0.4, -0.2) is 48.1 Å². The van der Waals surface area contributed by atoms with Crippen molar-refractivity contribution in [3.05, 3.63) is 0 Å². The molecule has 1 saturated heterocycles. The zero-order valence-corrected chi connectivity index (χ0v) is 15.6. The molecule has 0 amide bonds. The van der Waals surface area contributed by atoms with Crippen molar-refractivity contribution < 1.29 is 0 Å². The minimum atomic E-state index is 0.471. The van der Waals surface area contributed by atoms with Gasteiger partial charge in [0.1, 0.15) is 0 Å². The number of thioether (sulfide) groups is 1. The van der Waals surface area contributed by atoms with Gasteiger partial charge in [0.2, 0.25) is 0 Å². The van der Waals surface area contributed by atoms with Gasteiger partial charge in [0.05, 0.1) is 0 Å². The van der Waals surface area contributed by atoms with E-state index in [0.29, 0.717) is 5.41 Å². The van der Waals surface area contributed by atoms with Gasteiger partial charge in [-0.25, -0.2) is 0 Å². The van der Waals surface area contributed by atoms with Crippen LogP contribution in [0, 0.1) is 17.3 Å². The fourth-order valence-electron chi connectivity index (χ4n) is 4.12. The maximum atomic E-state index is 3.78. The topological polar surface area (TPSA) is 15.3 Å². The molecule has 0 spiro atoms. The summed E-state index contributed by atoms with van der Waals surface area (Å²) in [5, 5.41) is 3.78. The van der Waals surface area contributed by atoms with Gasteiger partial charge in [-0.2, -0.15) is 11.8 Å². The van der Waals surface area contributed by atoms with E-state index in [-0.39, 0.29) is 0 Å². The molecule has 124 valence electrons. The molecule has 1 heterocycles. The summed E-state index contributed by atoms with van der Waals surface area (Å²) in [6.45, 7) is 15.7. The molecule has 4 atom stereocenters. The smallest absolute Gasteiger partial charge is 0.0158 e. The molecule has 4 unspecified atom stereocenters. The Morgan fingerprint density at radius 3 is 2.62 bits per heavy atom. The van der Waals surface area contributed by atoms with Crippen molar-refractivity contribution in [1.29, 1.82) is 0 Å². The first-order valence-electron chi connectivity index (χ1n) is 8.97. The quantitative estimate of drug-likeness (QED) is 0.848. The molecule has 3 heteroatoms. The molecule has 0 aromatic rings. The van der Waals surface area contributed by atoms with E-state index in [2.05, 4.69) is 56.6 Å². The van der Waals surface area contributed by atoms with Crippen molar-refractivity contribution >= 4 is 11.8 Å². The van der Waals surface area contributed by atoms with Crippen LogP contribution in [-0.2, 0) is 0 Å². The number of nitrogens with zero attached hydrogens (tertiary/aromatic N) is 1. The molecule has 2 aliphatic rings. The van der Waals surface area contributed by atoms with Crippen LogP contribution in [0.1, 0.15) is 53.9 Å². The molecule has 0 aromatic carbocycles. The molecule has 1 aliphatic heterocycles. The van der Waals surface area contributed by atoms with Gasteiger partial charge in [-0.1, -0.05) is 27.7 Å². The Labute approximate surface area is 136 Å². The Morgan fingerprint density at radius 1 is 1.24 bits per heavy atom. The minimum Gasteiger partial charge on any atom is -0.314 e. The van der Waals surface area contributed by atoms with Crippen molar-refractivity contribution in [2.45, 2.75) is 66.0 Å². The number of rotatable bonds is 4. The molecule has 0 aromatic heterocycles. The second kappa shape index (κ2) is 7.70. The van der Waals surface area contributed by atoms with Crippen molar-refractivity contribution in [2.24, 2.45) is 17.3 Å². The first kappa shape index (κ1) is 17.6. The van der Waals surface area contributed by atoms with Gasteiger partial charge >= 0.3 is 0 Å². The molecule has 21 heavy (non-hydrogen) atoms. The third kappa shape index (κ3) is 4.87. The Hall–Kier alpha value is 0.270. The third-order valence-corrected chi connectivity index (χ3v) is 6.84. The predicted octanol–water partition coefficient (Wildman–Crippen LogP) is 3.86. The van der Waals surface area contributed by atoms with Gasteiger partial charge in [-0.3, -0.25) is 4.90 Å². The fourth-order valence-corrected chi connectivity index (χ4v) is 5.20. The van der Waals surface area contributed by atoms with E-state index in [0.717, 1.165) is 30.5 Å². The van der Waals surface area contributed by atoms with Crippen LogP contribution >= 0.6 is 11.8 Å². The summed E-state index contributed by atoms with van der Waals surface area (Å²) >= 11 is 2.13. The van der Waals surface area contributed by atoms with E-state index >= 15 is 0 Å². The fraction of sp³-hybridized carbons (Fsp3) is 1.00. The van der Waals surface area contributed by atoms with E-state index in [9.17, 15) is 0 Å². The average Bonchev–Trinajstić information content (AvgIpc) is 2.42.